The van der Waals surface area contributed by atoms with Gasteiger partial charge in [0.05, 0.1) is 0 Å². The monoisotopic (exact) mass is 1060 g/mol. The summed E-state index contributed by atoms with van der Waals surface area (Å²) in [5, 5.41) is 8.05. The first-order valence-corrected chi connectivity index (χ1v) is 26.3. The summed E-state index contributed by atoms with van der Waals surface area (Å²) >= 11 is 0. The van der Waals surface area contributed by atoms with Crippen LogP contribution in [0.3, 0.4) is 0 Å². The van der Waals surface area contributed by atoms with E-state index < -0.39 is 0 Å². The molecular formula is C67H67Cl2SiZr. The molecule has 0 bridgehead atoms. The van der Waals surface area contributed by atoms with Gasteiger partial charge in [0.15, 0.2) is 0 Å². The van der Waals surface area contributed by atoms with Crippen LogP contribution in [0.1, 0.15) is 92.2 Å². The molecule has 2 fully saturated rings. The normalized spacial score (nSPS) is 32.2. The van der Waals surface area contributed by atoms with E-state index in [-0.39, 0.29) is 94.8 Å². The third-order valence-electron chi connectivity index (χ3n) is 20.1. The van der Waals surface area contributed by atoms with Gasteiger partial charge in [-0.3, -0.25) is 0 Å². The molecular weight excluding hydrogens is 995 g/mol. The number of benzene rings is 6. The quantitative estimate of drug-likeness (QED) is 0.0886. The molecule has 9 unspecified atom stereocenters. The first-order chi connectivity index (χ1) is 32.7. The topological polar surface area (TPSA) is 0 Å². The fourth-order valence-corrected chi connectivity index (χ4v) is 17.0. The van der Waals surface area contributed by atoms with Crippen LogP contribution in [-0.2, 0) is 26.2 Å². The third kappa shape index (κ3) is 7.03. The second-order valence-electron chi connectivity index (χ2n) is 22.1. The average molecular weight is 1060 g/mol. The van der Waals surface area contributed by atoms with Crippen LogP contribution < -0.4 is 35.2 Å². The van der Waals surface area contributed by atoms with Crippen LogP contribution in [-0.4, -0.2) is 9.52 Å². The fourth-order valence-electron chi connectivity index (χ4n) is 15.9. The summed E-state index contributed by atoms with van der Waals surface area (Å²) in [6, 6.07) is 48.7. The van der Waals surface area contributed by atoms with Crippen LogP contribution in [0.4, 0.5) is 0 Å². The minimum Gasteiger partial charge on any atom is -1.00 e. The van der Waals surface area contributed by atoms with E-state index in [9.17, 15) is 0 Å². The minimum atomic E-state index is -0.219. The van der Waals surface area contributed by atoms with Gasteiger partial charge >= 0.3 is 26.2 Å². The van der Waals surface area contributed by atoms with Gasteiger partial charge in [-0.2, -0.15) is 0 Å². The molecule has 0 saturated heterocycles. The summed E-state index contributed by atoms with van der Waals surface area (Å²) in [5.74, 6) is 0.561. The van der Waals surface area contributed by atoms with Gasteiger partial charge in [0, 0.05) is 16.7 Å². The molecule has 0 amide bonds. The molecule has 6 aliphatic carbocycles. The molecule has 0 aliphatic heterocycles. The fraction of sp³-hybridized carbons (Fsp3) is 0.299. The largest absolute Gasteiger partial charge is 3.00 e. The van der Waals surface area contributed by atoms with E-state index in [0.29, 0.717) is 5.92 Å². The first-order valence-electron chi connectivity index (χ1n) is 25.3. The molecule has 9 atom stereocenters. The third-order valence-corrected chi connectivity index (χ3v) is 21.4. The van der Waals surface area contributed by atoms with Crippen LogP contribution >= 0.6 is 0 Å². The zero-order valence-corrected chi connectivity index (χ0v) is 47.9. The number of rotatable bonds is 6. The van der Waals surface area contributed by atoms with Crippen molar-refractivity contribution in [3.05, 3.63) is 228 Å². The summed E-state index contributed by atoms with van der Waals surface area (Å²) in [6.07, 6.45) is 32.6. The van der Waals surface area contributed by atoms with Gasteiger partial charge in [0.1, 0.15) is 9.52 Å². The number of halogens is 2. The molecule has 6 aromatic rings. The Bertz CT molecular complexity index is 3140. The summed E-state index contributed by atoms with van der Waals surface area (Å²) in [6.45, 7) is 23.4. The molecule has 0 nitrogen and oxygen atoms in total. The Morgan fingerprint density at radius 3 is 1.76 bits per heavy atom. The number of hydrogen-bond acceptors (Lipinski definition) is 0. The van der Waals surface area contributed by atoms with Crippen molar-refractivity contribution in [1.29, 1.82) is 0 Å². The zero-order chi connectivity index (χ0) is 47.3. The molecule has 6 aromatic carbocycles. The molecule has 0 aromatic heterocycles. The average Bonchev–Trinajstić information content (AvgIpc) is 3.81. The number of allylic oxidation sites excluding steroid dienone is 13. The van der Waals surface area contributed by atoms with Crippen molar-refractivity contribution < 1.29 is 51.0 Å². The Balaban J connectivity index is 0.000000368. The van der Waals surface area contributed by atoms with Crippen LogP contribution in [0.15, 0.2) is 211 Å². The van der Waals surface area contributed by atoms with Crippen molar-refractivity contribution in [2.24, 2.45) is 43.8 Å². The first kappa shape index (κ1) is 53.0. The van der Waals surface area contributed by atoms with Crippen molar-refractivity contribution >= 4 is 47.5 Å². The molecule has 12 rings (SSSR count). The van der Waals surface area contributed by atoms with Crippen molar-refractivity contribution in [3.63, 3.8) is 0 Å². The molecule has 4 heteroatoms. The molecule has 3 radical (unpaired) electrons. The van der Waals surface area contributed by atoms with Crippen molar-refractivity contribution in [3.8, 4) is 11.1 Å². The van der Waals surface area contributed by atoms with Gasteiger partial charge in [-0.05, 0) is 84.9 Å². The van der Waals surface area contributed by atoms with E-state index in [2.05, 4.69) is 269 Å². The maximum absolute atomic E-state index is 2.86. The van der Waals surface area contributed by atoms with Crippen LogP contribution in [0.5, 0.6) is 0 Å². The zero-order valence-electron chi connectivity index (χ0n) is 43.0. The molecule has 0 N–H and O–H groups in total. The minimum absolute atomic E-state index is 0. The van der Waals surface area contributed by atoms with E-state index in [1.165, 1.54) is 59.7 Å². The predicted molar refractivity (Wildman–Crippen MR) is 293 cm³/mol. The van der Waals surface area contributed by atoms with E-state index in [1.54, 1.807) is 11.1 Å². The van der Waals surface area contributed by atoms with E-state index >= 15 is 0 Å². The van der Waals surface area contributed by atoms with Crippen molar-refractivity contribution in [2.45, 2.75) is 81.1 Å². The Hall–Kier alpha value is -4.30. The van der Waals surface area contributed by atoms with Gasteiger partial charge in [0.2, 0.25) is 0 Å². The molecule has 6 aliphatic rings. The smallest absolute Gasteiger partial charge is 1.00 e. The second kappa shape index (κ2) is 19.2. The van der Waals surface area contributed by atoms with Crippen LogP contribution in [0, 0.1) is 50.2 Å². The van der Waals surface area contributed by atoms with E-state index in [1.807, 2.05) is 0 Å². The standard InChI is InChI=1S/C55H57.C12H10Si.2ClH.Zr/c1-10-20-39-34-45-43(27-18-28-44(45)48-41-25-13-11-22-37(41)33-38-23-12-14-26-42(38)48)47(39)46-29-19-32-50(4)49(3)30-15-16-31-51(49,5)55(9)52(6,54(46,50)8)35-40-24-17-21-36(2)53(40,55)7;1-3-7-11(8-4-1)13-12-9-5-2-6-10-12;;;/h11-19,21-35,40,47H,10,20H2,1-9H3;1-10H;2*1H;/q-1;;;;+3/p-2. The van der Waals surface area contributed by atoms with Gasteiger partial charge in [0.25, 0.3) is 0 Å². The number of hydrogen-bond donors (Lipinski definition) is 0. The van der Waals surface area contributed by atoms with Gasteiger partial charge < -0.3 is 31.2 Å². The van der Waals surface area contributed by atoms with Gasteiger partial charge in [-0.25, -0.2) is 0 Å². The Morgan fingerprint density at radius 1 is 0.592 bits per heavy atom. The maximum atomic E-state index is 2.86. The Morgan fingerprint density at radius 2 is 1.15 bits per heavy atom. The van der Waals surface area contributed by atoms with Crippen LogP contribution in [0.2, 0.25) is 0 Å². The predicted octanol–water partition coefficient (Wildman–Crippen LogP) is 10.3. The number of fused-ring (bicyclic) bond motifs is 11. The second-order valence-corrected chi connectivity index (χ2v) is 23.6. The summed E-state index contributed by atoms with van der Waals surface area (Å²) in [5.41, 5.74) is 9.30. The SMILES string of the molecule is CCCC1=Cc2c(-c3c4ccccc4cc4ccccc34)cccc2C1C1=CC=CC2(C)C3(C)C=CC=CC3(C)C3(C)C4(C)C(C)=CC=CC4[CH-]C3(C)C12C.[Cl-].[Cl-].[Zr+3].c1ccc([Si]c2ccccc2)cc1. The summed E-state index contributed by atoms with van der Waals surface area (Å²) in [4.78, 5) is 0. The van der Waals surface area contributed by atoms with Crippen molar-refractivity contribution in [2.75, 3.05) is 0 Å². The molecule has 2 saturated carbocycles. The molecule has 357 valence electrons. The van der Waals surface area contributed by atoms with Gasteiger partial charge in [-0.15, -0.1) is 17.4 Å². The maximum Gasteiger partial charge on any atom is 3.00 e. The molecule has 71 heavy (non-hydrogen) atoms. The van der Waals surface area contributed by atoms with Crippen molar-refractivity contribution in [1.82, 2.24) is 0 Å². The molecule has 0 spiro atoms. The Labute approximate surface area is 459 Å². The van der Waals surface area contributed by atoms with Gasteiger partial charge in [-0.1, -0.05) is 277 Å². The van der Waals surface area contributed by atoms with Crippen LogP contribution in [0.25, 0.3) is 38.7 Å². The molecule has 0 heterocycles. The van der Waals surface area contributed by atoms with E-state index in [0.717, 1.165) is 22.4 Å². The summed E-state index contributed by atoms with van der Waals surface area (Å²) < 4.78 is 0. The Kier molecular flexibility index (Phi) is 14.3. The summed E-state index contributed by atoms with van der Waals surface area (Å²) in [7, 11) is 0.777. The van der Waals surface area contributed by atoms with E-state index in [4.69, 9.17) is 0 Å².